The standard InChI is InChI=1S/C30H29ClN4O3/c1-38-30(37)33-23-10-8-21(9-11-23)25-17-26(34-28(25)31)27(16-19-5-3-2-4-6-19)35-14-13-22-15-20(18-32)7-12-24(22)29(35)36/h2-12,15,27H,13-14,16-18,32H2,1H3,(H,33,37)/t27-/m0/s1. The Kier molecular flexibility index (Phi) is 7.58. The van der Waals surface area contributed by atoms with Crippen LogP contribution in [0.25, 0.3) is 5.57 Å². The van der Waals surface area contributed by atoms with Gasteiger partial charge < -0.3 is 15.4 Å². The zero-order valence-corrected chi connectivity index (χ0v) is 21.9. The summed E-state index contributed by atoms with van der Waals surface area (Å²) >= 11 is 6.68. The highest BCUT2D eigenvalue weighted by molar-refractivity contribution is 6.35. The number of rotatable bonds is 7. The lowest BCUT2D eigenvalue weighted by atomic mass is 9.90. The van der Waals surface area contributed by atoms with Crippen LogP contribution in [-0.2, 0) is 24.1 Å². The van der Waals surface area contributed by atoms with Crippen molar-refractivity contribution in [2.24, 2.45) is 10.7 Å². The number of nitrogens with one attached hydrogen (secondary N) is 1. The molecule has 0 bridgehead atoms. The fourth-order valence-electron chi connectivity index (χ4n) is 5.05. The van der Waals surface area contributed by atoms with Crippen LogP contribution in [0.4, 0.5) is 10.5 Å². The van der Waals surface area contributed by atoms with Gasteiger partial charge >= 0.3 is 6.09 Å². The number of nitrogens with two attached hydrogens (primary N) is 1. The van der Waals surface area contributed by atoms with Crippen LogP contribution in [0, 0.1) is 0 Å². The van der Waals surface area contributed by atoms with Gasteiger partial charge in [0, 0.05) is 42.0 Å². The number of hydrogen-bond donors (Lipinski definition) is 2. The largest absolute Gasteiger partial charge is 0.453 e. The predicted molar refractivity (Wildman–Crippen MR) is 150 cm³/mol. The molecule has 3 aromatic rings. The molecular weight excluding hydrogens is 500 g/mol. The quantitative estimate of drug-likeness (QED) is 0.402. The number of aliphatic imine (C=N–C) groups is 1. The molecule has 0 radical (unpaired) electrons. The molecule has 2 amide bonds. The van der Waals surface area contributed by atoms with E-state index in [1.165, 1.54) is 7.11 Å². The van der Waals surface area contributed by atoms with Gasteiger partial charge in [0.1, 0.15) is 5.16 Å². The molecule has 0 unspecified atom stereocenters. The molecule has 0 aromatic heterocycles. The number of fused-ring (bicyclic) bond motifs is 1. The number of nitrogens with zero attached hydrogens (tertiary/aromatic N) is 2. The summed E-state index contributed by atoms with van der Waals surface area (Å²) in [7, 11) is 1.32. The zero-order valence-electron chi connectivity index (χ0n) is 21.1. The number of anilines is 1. The van der Waals surface area contributed by atoms with Gasteiger partial charge in [-0.3, -0.25) is 10.1 Å². The number of halogens is 1. The van der Waals surface area contributed by atoms with Gasteiger partial charge in [-0.15, -0.1) is 0 Å². The van der Waals surface area contributed by atoms with Crippen LogP contribution >= 0.6 is 11.6 Å². The third kappa shape index (κ3) is 5.35. The lowest BCUT2D eigenvalue weighted by Gasteiger charge is -2.36. The van der Waals surface area contributed by atoms with Gasteiger partial charge in [0.15, 0.2) is 0 Å². The van der Waals surface area contributed by atoms with Crippen molar-refractivity contribution in [1.82, 2.24) is 4.90 Å². The Bertz CT molecular complexity index is 1420. The van der Waals surface area contributed by atoms with Crippen LogP contribution in [0.3, 0.4) is 0 Å². The second kappa shape index (κ2) is 11.2. The number of allylic oxidation sites excluding steroid dienone is 1. The van der Waals surface area contributed by atoms with Gasteiger partial charge in [-0.1, -0.05) is 66.2 Å². The van der Waals surface area contributed by atoms with Crippen molar-refractivity contribution in [2.75, 3.05) is 19.0 Å². The number of carbonyl (C=O) groups excluding carboxylic acids is 2. The van der Waals surface area contributed by atoms with E-state index in [-0.39, 0.29) is 11.9 Å². The Morgan fingerprint density at radius 2 is 1.87 bits per heavy atom. The van der Waals surface area contributed by atoms with Crippen molar-refractivity contribution >= 4 is 40.6 Å². The molecule has 38 heavy (non-hydrogen) atoms. The lowest BCUT2D eigenvalue weighted by Crippen LogP contribution is -2.49. The van der Waals surface area contributed by atoms with Crippen molar-refractivity contribution in [3.8, 4) is 0 Å². The molecule has 1 atom stereocenters. The van der Waals surface area contributed by atoms with E-state index in [0.29, 0.717) is 36.8 Å². The van der Waals surface area contributed by atoms with Crippen LogP contribution in [0.15, 0.2) is 82.9 Å². The number of ether oxygens (including phenoxy) is 1. The fraction of sp³-hybridized carbons (Fsp3) is 0.233. The van der Waals surface area contributed by atoms with E-state index < -0.39 is 6.09 Å². The zero-order chi connectivity index (χ0) is 26.6. The highest BCUT2D eigenvalue weighted by Crippen LogP contribution is 2.35. The minimum atomic E-state index is -0.530. The average molecular weight is 529 g/mol. The monoisotopic (exact) mass is 528 g/mol. The molecule has 8 heteroatoms. The van der Waals surface area contributed by atoms with E-state index in [1.807, 2.05) is 53.4 Å². The molecule has 2 aliphatic heterocycles. The number of amides is 2. The molecule has 2 aliphatic rings. The van der Waals surface area contributed by atoms with Crippen LogP contribution in [0.1, 0.15) is 39.0 Å². The predicted octanol–water partition coefficient (Wildman–Crippen LogP) is 5.39. The Labute approximate surface area is 227 Å². The Hall–Kier alpha value is -3.94. The van der Waals surface area contributed by atoms with Gasteiger partial charge in [0.05, 0.1) is 13.2 Å². The van der Waals surface area contributed by atoms with Crippen molar-refractivity contribution in [3.63, 3.8) is 0 Å². The van der Waals surface area contributed by atoms with Crippen LogP contribution in [0.2, 0.25) is 0 Å². The minimum absolute atomic E-state index is 0.00117. The van der Waals surface area contributed by atoms with Crippen molar-refractivity contribution < 1.29 is 14.3 Å². The van der Waals surface area contributed by atoms with Gasteiger partial charge in [0.25, 0.3) is 5.91 Å². The summed E-state index contributed by atoms with van der Waals surface area (Å²) in [6.07, 6.45) is 1.40. The third-order valence-electron chi connectivity index (χ3n) is 7.07. The molecule has 0 aliphatic carbocycles. The van der Waals surface area contributed by atoms with Crippen molar-refractivity contribution in [1.29, 1.82) is 0 Å². The molecule has 2 heterocycles. The molecule has 0 saturated heterocycles. The normalized spacial score (nSPS) is 15.7. The van der Waals surface area contributed by atoms with E-state index in [9.17, 15) is 9.59 Å². The van der Waals surface area contributed by atoms with Crippen molar-refractivity contribution in [3.05, 3.63) is 106 Å². The summed E-state index contributed by atoms with van der Waals surface area (Å²) in [4.78, 5) is 32.0. The van der Waals surface area contributed by atoms with Crippen LogP contribution < -0.4 is 11.1 Å². The Morgan fingerprint density at radius 1 is 1.11 bits per heavy atom. The second-order valence-corrected chi connectivity index (χ2v) is 9.75. The van der Waals surface area contributed by atoms with Gasteiger partial charge in [-0.05, 0) is 53.3 Å². The first-order valence-electron chi connectivity index (χ1n) is 12.5. The smallest absolute Gasteiger partial charge is 0.411 e. The molecular formula is C30H29ClN4O3. The molecule has 5 rings (SSSR count). The van der Waals surface area contributed by atoms with Gasteiger partial charge in [-0.25, -0.2) is 9.79 Å². The molecule has 3 aromatic carbocycles. The molecule has 194 valence electrons. The topological polar surface area (TPSA) is 97.0 Å². The number of hydrogen-bond acceptors (Lipinski definition) is 5. The first kappa shape index (κ1) is 25.7. The van der Waals surface area contributed by atoms with E-state index in [1.54, 1.807) is 12.1 Å². The Balaban J connectivity index is 1.41. The first-order chi connectivity index (χ1) is 18.5. The minimum Gasteiger partial charge on any atom is -0.453 e. The summed E-state index contributed by atoms with van der Waals surface area (Å²) in [5.41, 5.74) is 13.0. The molecule has 7 nitrogen and oxygen atoms in total. The molecule has 0 saturated carbocycles. The number of benzene rings is 3. The number of carbonyl (C=O) groups is 2. The second-order valence-electron chi connectivity index (χ2n) is 9.39. The van der Waals surface area contributed by atoms with Gasteiger partial charge in [0.2, 0.25) is 0 Å². The fourth-order valence-corrected chi connectivity index (χ4v) is 5.34. The highest BCUT2D eigenvalue weighted by atomic mass is 35.5. The van der Waals surface area contributed by atoms with E-state index in [2.05, 4.69) is 22.2 Å². The molecule has 3 N–H and O–H groups in total. The summed E-state index contributed by atoms with van der Waals surface area (Å²) in [5, 5.41) is 3.07. The Morgan fingerprint density at radius 3 is 2.58 bits per heavy atom. The summed E-state index contributed by atoms with van der Waals surface area (Å²) < 4.78 is 4.65. The third-order valence-corrected chi connectivity index (χ3v) is 7.38. The van der Waals surface area contributed by atoms with Crippen LogP contribution in [0.5, 0.6) is 0 Å². The highest BCUT2D eigenvalue weighted by Gasteiger charge is 2.35. The maximum Gasteiger partial charge on any atom is 0.411 e. The summed E-state index contributed by atoms with van der Waals surface area (Å²) in [6, 6.07) is 23.1. The molecule has 0 fully saturated rings. The SMILES string of the molecule is COC(=O)Nc1ccc(C2=C(Cl)N=C([C@H](Cc3ccccc3)N3CCc4cc(CN)ccc4C3=O)C2)cc1. The molecule has 0 spiro atoms. The average Bonchev–Trinajstić information content (AvgIpc) is 3.34. The maximum atomic E-state index is 13.7. The van der Waals surface area contributed by atoms with E-state index in [4.69, 9.17) is 22.3 Å². The van der Waals surface area contributed by atoms with E-state index >= 15 is 0 Å². The van der Waals surface area contributed by atoms with E-state index in [0.717, 1.165) is 45.5 Å². The summed E-state index contributed by atoms with van der Waals surface area (Å²) in [6.45, 7) is 1.04. The van der Waals surface area contributed by atoms with Crippen LogP contribution in [-0.4, -0.2) is 42.3 Å². The van der Waals surface area contributed by atoms with Gasteiger partial charge in [-0.2, -0.15) is 0 Å². The first-order valence-corrected chi connectivity index (χ1v) is 12.9. The number of methoxy groups -OCH3 is 1. The van der Waals surface area contributed by atoms with Crippen molar-refractivity contribution in [2.45, 2.75) is 31.8 Å². The lowest BCUT2D eigenvalue weighted by molar-refractivity contribution is 0.0707. The maximum absolute atomic E-state index is 13.7. The summed E-state index contributed by atoms with van der Waals surface area (Å²) in [5.74, 6) is 0.00117.